The van der Waals surface area contributed by atoms with Crippen molar-refractivity contribution in [3.8, 4) is 0 Å². The quantitative estimate of drug-likeness (QED) is 0.902. The van der Waals surface area contributed by atoms with E-state index in [1.807, 2.05) is 12.1 Å². The molecule has 0 aliphatic carbocycles. The van der Waals surface area contributed by atoms with Gasteiger partial charge >= 0.3 is 5.97 Å². The van der Waals surface area contributed by atoms with Gasteiger partial charge in [-0.05, 0) is 37.1 Å². The Morgan fingerprint density at radius 1 is 1.33 bits per heavy atom. The summed E-state index contributed by atoms with van der Waals surface area (Å²) in [5, 5.41) is 9.93. The SMILES string of the molecule is O=C(O)[C@H]1CCCN(C(=O)c2cc3cc(Br)ccc3o2)C1. The van der Waals surface area contributed by atoms with Crippen LogP contribution in [-0.2, 0) is 4.79 Å². The lowest BCUT2D eigenvalue weighted by molar-refractivity contribution is -0.143. The Morgan fingerprint density at radius 2 is 2.14 bits per heavy atom. The van der Waals surface area contributed by atoms with Crippen molar-refractivity contribution in [2.24, 2.45) is 5.92 Å². The molecule has 1 saturated heterocycles. The summed E-state index contributed by atoms with van der Waals surface area (Å²) >= 11 is 3.38. The third-order valence-corrected chi connectivity index (χ3v) is 4.24. The molecule has 0 spiro atoms. The summed E-state index contributed by atoms with van der Waals surface area (Å²) in [6.07, 6.45) is 1.32. The van der Waals surface area contributed by atoms with Crippen LogP contribution < -0.4 is 0 Å². The number of carbonyl (C=O) groups is 2. The summed E-state index contributed by atoms with van der Waals surface area (Å²) in [6.45, 7) is 0.818. The highest BCUT2D eigenvalue weighted by Gasteiger charge is 2.30. The number of hydrogen-bond acceptors (Lipinski definition) is 3. The standard InChI is InChI=1S/C15H14BrNO4/c16-11-3-4-12-10(6-11)7-13(21-12)14(18)17-5-1-2-9(8-17)15(19)20/h3-4,6-7,9H,1-2,5,8H2,(H,19,20)/t9-/m0/s1. The van der Waals surface area contributed by atoms with Crippen LogP contribution >= 0.6 is 15.9 Å². The molecule has 110 valence electrons. The molecule has 1 N–H and O–H groups in total. The van der Waals surface area contributed by atoms with Crippen LogP contribution in [0.4, 0.5) is 0 Å². The molecular weight excluding hydrogens is 338 g/mol. The van der Waals surface area contributed by atoms with E-state index in [2.05, 4.69) is 15.9 Å². The van der Waals surface area contributed by atoms with Crippen LogP contribution in [-0.4, -0.2) is 35.0 Å². The van der Waals surface area contributed by atoms with Crippen LogP contribution in [0.5, 0.6) is 0 Å². The Labute approximate surface area is 129 Å². The van der Waals surface area contributed by atoms with E-state index < -0.39 is 11.9 Å². The second-order valence-corrected chi connectivity index (χ2v) is 6.14. The molecule has 1 aromatic heterocycles. The van der Waals surface area contributed by atoms with Crippen LogP contribution in [0.2, 0.25) is 0 Å². The summed E-state index contributed by atoms with van der Waals surface area (Å²) in [7, 11) is 0. The maximum atomic E-state index is 12.4. The Bertz CT molecular complexity index is 709. The predicted molar refractivity (Wildman–Crippen MR) is 80.2 cm³/mol. The van der Waals surface area contributed by atoms with Gasteiger partial charge in [-0.25, -0.2) is 0 Å². The minimum absolute atomic E-state index is 0.242. The number of rotatable bonds is 2. The third kappa shape index (κ3) is 2.81. The van der Waals surface area contributed by atoms with E-state index in [1.54, 1.807) is 17.0 Å². The van der Waals surface area contributed by atoms with Crippen LogP contribution in [0.3, 0.4) is 0 Å². The van der Waals surface area contributed by atoms with E-state index in [-0.39, 0.29) is 18.2 Å². The first-order valence-corrected chi connectivity index (χ1v) is 7.55. The number of aliphatic carboxylic acids is 1. The van der Waals surface area contributed by atoms with Gasteiger partial charge in [0, 0.05) is 22.9 Å². The van der Waals surface area contributed by atoms with Crippen molar-refractivity contribution in [3.05, 3.63) is 34.5 Å². The van der Waals surface area contributed by atoms with Gasteiger partial charge in [0.2, 0.25) is 0 Å². The number of furan rings is 1. The molecule has 0 bridgehead atoms. The van der Waals surface area contributed by atoms with Gasteiger partial charge < -0.3 is 14.4 Å². The van der Waals surface area contributed by atoms with Crippen molar-refractivity contribution in [3.63, 3.8) is 0 Å². The van der Waals surface area contributed by atoms with E-state index >= 15 is 0 Å². The molecule has 2 heterocycles. The predicted octanol–water partition coefficient (Wildman–Crippen LogP) is 3.13. The number of amides is 1. The van der Waals surface area contributed by atoms with Crippen molar-refractivity contribution < 1.29 is 19.1 Å². The number of carbonyl (C=O) groups excluding carboxylic acids is 1. The monoisotopic (exact) mass is 351 g/mol. The number of fused-ring (bicyclic) bond motifs is 1. The Morgan fingerprint density at radius 3 is 2.90 bits per heavy atom. The van der Waals surface area contributed by atoms with Crippen molar-refractivity contribution in [2.75, 3.05) is 13.1 Å². The highest BCUT2D eigenvalue weighted by atomic mass is 79.9. The number of halogens is 1. The zero-order valence-corrected chi connectivity index (χ0v) is 12.8. The van der Waals surface area contributed by atoms with E-state index in [1.165, 1.54) is 0 Å². The summed E-state index contributed by atoms with van der Waals surface area (Å²) < 4.78 is 6.49. The first kappa shape index (κ1) is 14.1. The van der Waals surface area contributed by atoms with Crippen LogP contribution in [0.25, 0.3) is 11.0 Å². The molecule has 1 fully saturated rings. The molecule has 0 saturated carbocycles. The highest BCUT2D eigenvalue weighted by molar-refractivity contribution is 9.10. The minimum Gasteiger partial charge on any atom is -0.481 e. The lowest BCUT2D eigenvalue weighted by Crippen LogP contribution is -2.42. The zero-order chi connectivity index (χ0) is 15.0. The lowest BCUT2D eigenvalue weighted by Gasteiger charge is -2.29. The smallest absolute Gasteiger partial charge is 0.308 e. The average molecular weight is 352 g/mol. The van der Waals surface area contributed by atoms with E-state index in [0.717, 1.165) is 9.86 Å². The molecule has 1 amide bonds. The van der Waals surface area contributed by atoms with Gasteiger partial charge in [0.1, 0.15) is 5.58 Å². The first-order chi connectivity index (χ1) is 10.0. The topological polar surface area (TPSA) is 70.8 Å². The van der Waals surface area contributed by atoms with Gasteiger partial charge in [-0.1, -0.05) is 15.9 Å². The third-order valence-electron chi connectivity index (χ3n) is 3.75. The maximum Gasteiger partial charge on any atom is 0.308 e. The molecule has 3 rings (SSSR count). The second kappa shape index (κ2) is 5.52. The number of nitrogens with zero attached hydrogens (tertiary/aromatic N) is 1. The van der Waals surface area contributed by atoms with Gasteiger partial charge in [-0.15, -0.1) is 0 Å². The van der Waals surface area contributed by atoms with Crippen molar-refractivity contribution in [2.45, 2.75) is 12.8 Å². The van der Waals surface area contributed by atoms with E-state index in [9.17, 15) is 9.59 Å². The summed E-state index contributed by atoms with van der Waals surface area (Å²) in [5.41, 5.74) is 0.647. The van der Waals surface area contributed by atoms with Gasteiger partial charge in [0.05, 0.1) is 5.92 Å². The molecular formula is C15H14BrNO4. The van der Waals surface area contributed by atoms with Gasteiger partial charge in [0.15, 0.2) is 5.76 Å². The van der Waals surface area contributed by atoms with Crippen LogP contribution in [0.1, 0.15) is 23.4 Å². The van der Waals surface area contributed by atoms with Gasteiger partial charge in [-0.2, -0.15) is 0 Å². The molecule has 1 aliphatic heterocycles. The van der Waals surface area contributed by atoms with Crippen molar-refractivity contribution in [1.82, 2.24) is 4.90 Å². The number of benzene rings is 1. The summed E-state index contributed by atoms with van der Waals surface area (Å²) in [6, 6.07) is 7.23. The fraction of sp³-hybridized carbons (Fsp3) is 0.333. The van der Waals surface area contributed by atoms with Crippen LogP contribution in [0, 0.1) is 5.92 Å². The van der Waals surface area contributed by atoms with E-state index in [4.69, 9.17) is 9.52 Å². The fourth-order valence-electron chi connectivity index (χ4n) is 2.64. The molecule has 21 heavy (non-hydrogen) atoms. The molecule has 1 aliphatic rings. The van der Waals surface area contributed by atoms with Gasteiger partial charge in [0.25, 0.3) is 5.91 Å². The average Bonchev–Trinajstić information content (AvgIpc) is 2.89. The number of carboxylic acids is 1. The van der Waals surface area contributed by atoms with Gasteiger partial charge in [-0.3, -0.25) is 9.59 Å². The summed E-state index contributed by atoms with van der Waals surface area (Å²) in [5.74, 6) is -1.32. The Kier molecular flexibility index (Phi) is 3.71. The largest absolute Gasteiger partial charge is 0.481 e. The van der Waals surface area contributed by atoms with Crippen molar-refractivity contribution >= 4 is 38.8 Å². The summed E-state index contributed by atoms with van der Waals surface area (Å²) in [4.78, 5) is 25.1. The van der Waals surface area contributed by atoms with E-state index in [0.29, 0.717) is 25.0 Å². The highest BCUT2D eigenvalue weighted by Crippen LogP contribution is 2.25. The Hall–Kier alpha value is -1.82. The Balaban J connectivity index is 1.84. The molecule has 0 unspecified atom stereocenters. The molecule has 2 aromatic rings. The molecule has 1 atom stereocenters. The minimum atomic E-state index is -0.846. The fourth-order valence-corrected chi connectivity index (χ4v) is 3.02. The molecule has 5 nitrogen and oxygen atoms in total. The normalized spacial score (nSPS) is 18.9. The molecule has 0 radical (unpaired) electrons. The number of likely N-dealkylation sites (tertiary alicyclic amines) is 1. The number of carboxylic acid groups (broad SMARTS) is 1. The first-order valence-electron chi connectivity index (χ1n) is 6.76. The molecule has 6 heteroatoms. The lowest BCUT2D eigenvalue weighted by atomic mass is 9.98. The number of hydrogen-bond donors (Lipinski definition) is 1. The zero-order valence-electron chi connectivity index (χ0n) is 11.2. The maximum absolute atomic E-state index is 12.4. The second-order valence-electron chi connectivity index (χ2n) is 5.22. The van der Waals surface area contributed by atoms with Crippen molar-refractivity contribution in [1.29, 1.82) is 0 Å². The number of piperidine rings is 1. The van der Waals surface area contributed by atoms with Crippen LogP contribution in [0.15, 0.2) is 33.2 Å². The molecule has 1 aromatic carbocycles.